The van der Waals surface area contributed by atoms with Gasteiger partial charge >= 0.3 is 0 Å². The lowest BCUT2D eigenvalue weighted by atomic mass is 10.0. The Bertz CT molecular complexity index is 663. The van der Waals surface area contributed by atoms with E-state index in [4.69, 9.17) is 0 Å². The van der Waals surface area contributed by atoms with Gasteiger partial charge in [-0.15, -0.1) is 5.10 Å². The van der Waals surface area contributed by atoms with Crippen LogP contribution < -0.4 is 0 Å². The van der Waals surface area contributed by atoms with Crippen molar-refractivity contribution in [3.63, 3.8) is 0 Å². The molecule has 4 heteroatoms. The largest absolute Gasteiger partial charge is 0.396 e. The average Bonchev–Trinajstić information content (AvgIpc) is 2.89. The molecule has 96 valence electrons. The minimum absolute atomic E-state index is 0.0126. The molecule has 1 heterocycles. The molecule has 1 aromatic heterocycles. The molecule has 19 heavy (non-hydrogen) atoms. The predicted octanol–water partition coefficient (Wildman–Crippen LogP) is 2.40. The van der Waals surface area contributed by atoms with Crippen LogP contribution in [0.5, 0.6) is 0 Å². The second-order valence-corrected chi connectivity index (χ2v) is 4.46. The second kappa shape index (κ2) is 5.20. The van der Waals surface area contributed by atoms with Gasteiger partial charge in [-0.3, -0.25) is 0 Å². The van der Waals surface area contributed by atoms with Crippen LogP contribution >= 0.6 is 0 Å². The molecule has 0 aliphatic rings. The molecule has 1 atom stereocenters. The third kappa shape index (κ3) is 2.22. The van der Waals surface area contributed by atoms with E-state index in [1.165, 1.54) is 0 Å². The van der Waals surface area contributed by atoms with Crippen molar-refractivity contribution in [3.05, 3.63) is 60.2 Å². The number of aliphatic hydroxyl groups excluding tert-OH is 1. The zero-order chi connectivity index (χ0) is 13.1. The van der Waals surface area contributed by atoms with Gasteiger partial charge in [0.05, 0.1) is 11.6 Å². The Kier molecular flexibility index (Phi) is 3.25. The molecular formula is C15H15N3O. The van der Waals surface area contributed by atoms with E-state index in [2.05, 4.69) is 22.4 Å². The summed E-state index contributed by atoms with van der Waals surface area (Å²) in [5.74, 6) is 0. The van der Waals surface area contributed by atoms with Gasteiger partial charge in [-0.05, 0) is 24.1 Å². The van der Waals surface area contributed by atoms with Crippen molar-refractivity contribution in [2.45, 2.75) is 12.5 Å². The lowest BCUT2D eigenvalue weighted by molar-refractivity contribution is 0.264. The molecule has 0 aliphatic carbocycles. The number of rotatable bonds is 4. The van der Waals surface area contributed by atoms with Crippen molar-refractivity contribution in [1.82, 2.24) is 15.0 Å². The Morgan fingerprint density at radius 1 is 1.00 bits per heavy atom. The molecule has 0 aliphatic heterocycles. The summed E-state index contributed by atoms with van der Waals surface area (Å²) in [4.78, 5) is 0. The summed E-state index contributed by atoms with van der Waals surface area (Å²) in [6.07, 6.45) is 0.622. The lowest BCUT2D eigenvalue weighted by Crippen LogP contribution is -2.14. The van der Waals surface area contributed by atoms with Crippen molar-refractivity contribution < 1.29 is 5.11 Å². The summed E-state index contributed by atoms with van der Waals surface area (Å²) in [6.45, 7) is 0.119. The van der Waals surface area contributed by atoms with Crippen molar-refractivity contribution in [2.75, 3.05) is 6.61 Å². The SMILES string of the molecule is OCC[C@H](c1ccccc1)n1nnc2ccccc21. The molecule has 0 fully saturated rings. The summed E-state index contributed by atoms with van der Waals surface area (Å²) in [6, 6.07) is 18.0. The predicted molar refractivity (Wildman–Crippen MR) is 73.8 cm³/mol. The van der Waals surface area contributed by atoms with Crippen molar-refractivity contribution in [3.8, 4) is 0 Å². The second-order valence-electron chi connectivity index (χ2n) is 4.46. The first-order valence-corrected chi connectivity index (χ1v) is 6.36. The van der Waals surface area contributed by atoms with Crippen LogP contribution in [0.1, 0.15) is 18.0 Å². The lowest BCUT2D eigenvalue weighted by Gasteiger charge is -2.17. The summed E-state index contributed by atoms with van der Waals surface area (Å²) in [5.41, 5.74) is 3.00. The number of hydrogen-bond donors (Lipinski definition) is 1. The minimum atomic E-state index is 0.0126. The van der Waals surface area contributed by atoms with Crippen LogP contribution in [-0.2, 0) is 0 Å². The zero-order valence-electron chi connectivity index (χ0n) is 10.5. The molecule has 0 amide bonds. The fraction of sp³-hybridized carbons (Fsp3) is 0.200. The number of hydrogen-bond acceptors (Lipinski definition) is 3. The van der Waals surface area contributed by atoms with E-state index in [0.717, 1.165) is 16.6 Å². The van der Waals surface area contributed by atoms with Crippen LogP contribution in [0.4, 0.5) is 0 Å². The number of aliphatic hydroxyl groups is 1. The van der Waals surface area contributed by atoms with E-state index in [0.29, 0.717) is 6.42 Å². The van der Waals surface area contributed by atoms with Crippen molar-refractivity contribution in [1.29, 1.82) is 0 Å². The van der Waals surface area contributed by atoms with Crippen molar-refractivity contribution >= 4 is 11.0 Å². The number of nitrogens with zero attached hydrogens (tertiary/aromatic N) is 3. The highest BCUT2D eigenvalue weighted by Gasteiger charge is 2.16. The summed E-state index contributed by atoms with van der Waals surface area (Å²) in [7, 11) is 0. The quantitative estimate of drug-likeness (QED) is 0.776. The first kappa shape index (κ1) is 11.9. The summed E-state index contributed by atoms with van der Waals surface area (Å²) >= 11 is 0. The summed E-state index contributed by atoms with van der Waals surface area (Å²) < 4.78 is 1.89. The van der Waals surface area contributed by atoms with Crippen LogP contribution in [0.15, 0.2) is 54.6 Å². The molecule has 0 saturated heterocycles. The molecule has 2 aromatic carbocycles. The standard InChI is InChI=1S/C15H15N3O/c19-11-10-14(12-6-2-1-3-7-12)18-15-9-5-4-8-13(15)16-17-18/h1-9,14,19H,10-11H2/t14-/m1/s1. The highest BCUT2D eigenvalue weighted by Crippen LogP contribution is 2.24. The maximum atomic E-state index is 9.31. The molecule has 0 unspecified atom stereocenters. The molecule has 0 radical (unpaired) electrons. The van der Waals surface area contributed by atoms with Crippen LogP contribution in [0, 0.1) is 0 Å². The first-order valence-electron chi connectivity index (χ1n) is 6.36. The topological polar surface area (TPSA) is 50.9 Å². The smallest absolute Gasteiger partial charge is 0.113 e. The van der Waals surface area contributed by atoms with Gasteiger partial charge in [-0.2, -0.15) is 0 Å². The Hall–Kier alpha value is -2.20. The fourth-order valence-corrected chi connectivity index (χ4v) is 2.34. The Labute approximate surface area is 111 Å². The van der Waals surface area contributed by atoms with Crippen molar-refractivity contribution in [2.24, 2.45) is 0 Å². The molecular weight excluding hydrogens is 238 g/mol. The third-order valence-corrected chi connectivity index (χ3v) is 3.26. The Balaban J connectivity index is 2.10. The monoisotopic (exact) mass is 253 g/mol. The van der Waals surface area contributed by atoms with Gasteiger partial charge < -0.3 is 5.11 Å². The Morgan fingerprint density at radius 2 is 1.74 bits per heavy atom. The zero-order valence-corrected chi connectivity index (χ0v) is 10.5. The van der Waals surface area contributed by atoms with Gasteiger partial charge in [0.15, 0.2) is 0 Å². The van der Waals surface area contributed by atoms with Crippen LogP contribution in [0.25, 0.3) is 11.0 Å². The molecule has 3 aromatic rings. The highest BCUT2D eigenvalue weighted by atomic mass is 16.3. The van der Waals surface area contributed by atoms with Crippen LogP contribution in [0.3, 0.4) is 0 Å². The van der Waals surface area contributed by atoms with Crippen LogP contribution in [0.2, 0.25) is 0 Å². The molecule has 4 nitrogen and oxygen atoms in total. The van der Waals surface area contributed by atoms with Gasteiger partial charge in [0.25, 0.3) is 0 Å². The molecule has 3 rings (SSSR count). The summed E-state index contributed by atoms with van der Waals surface area (Å²) in [5, 5.41) is 17.7. The van der Waals surface area contributed by atoms with E-state index >= 15 is 0 Å². The molecule has 0 saturated carbocycles. The van der Waals surface area contributed by atoms with E-state index < -0.39 is 0 Å². The van der Waals surface area contributed by atoms with E-state index in [-0.39, 0.29) is 12.6 Å². The average molecular weight is 253 g/mol. The Morgan fingerprint density at radius 3 is 2.53 bits per heavy atom. The number of benzene rings is 2. The van der Waals surface area contributed by atoms with Gasteiger partial charge in [0, 0.05) is 6.61 Å². The number of aromatic nitrogens is 3. The molecule has 0 bridgehead atoms. The van der Waals surface area contributed by atoms with Gasteiger partial charge in [-0.1, -0.05) is 47.7 Å². The highest BCUT2D eigenvalue weighted by molar-refractivity contribution is 5.74. The van der Waals surface area contributed by atoms with E-state index in [9.17, 15) is 5.11 Å². The fourth-order valence-electron chi connectivity index (χ4n) is 2.34. The van der Waals surface area contributed by atoms with Gasteiger partial charge in [0.1, 0.15) is 5.52 Å². The van der Waals surface area contributed by atoms with Gasteiger partial charge in [0.2, 0.25) is 0 Å². The van der Waals surface area contributed by atoms with Gasteiger partial charge in [-0.25, -0.2) is 4.68 Å². The maximum absolute atomic E-state index is 9.31. The number of fused-ring (bicyclic) bond motifs is 1. The van der Waals surface area contributed by atoms with E-state index in [1.54, 1.807) is 0 Å². The maximum Gasteiger partial charge on any atom is 0.113 e. The normalized spacial score (nSPS) is 12.7. The third-order valence-electron chi connectivity index (χ3n) is 3.26. The minimum Gasteiger partial charge on any atom is -0.396 e. The number of para-hydroxylation sites is 1. The first-order chi connectivity index (χ1) is 9.40. The molecule has 0 spiro atoms. The van der Waals surface area contributed by atoms with E-state index in [1.807, 2.05) is 47.1 Å². The van der Waals surface area contributed by atoms with Crippen LogP contribution in [-0.4, -0.2) is 26.7 Å². The molecule has 1 N–H and O–H groups in total.